The van der Waals surface area contributed by atoms with Crippen LogP contribution in [0.5, 0.6) is 11.5 Å². The molecule has 1 aromatic rings. The lowest BCUT2D eigenvalue weighted by atomic mass is 10.2. The lowest BCUT2D eigenvalue weighted by molar-refractivity contribution is 0.00332. The van der Waals surface area contributed by atoms with Gasteiger partial charge in [0.25, 0.3) is 0 Å². The molecule has 0 unspecified atom stereocenters. The topological polar surface area (TPSA) is 39.7 Å². The van der Waals surface area contributed by atoms with Crippen LogP contribution in [0, 0.1) is 0 Å². The first-order valence-corrected chi connectivity index (χ1v) is 7.23. The summed E-state index contributed by atoms with van der Waals surface area (Å²) in [6.07, 6.45) is 0. The molecule has 0 saturated carbocycles. The van der Waals surface area contributed by atoms with Crippen LogP contribution in [0.15, 0.2) is 18.2 Å². The largest absolute Gasteiger partial charge is 0.494 e. The van der Waals surface area contributed by atoms with Crippen molar-refractivity contribution >= 4 is 5.69 Å². The molecule has 0 atom stereocenters. The number of ether oxygens (including phenoxy) is 3. The molecular formula is C16H27NO3. The number of hydrogen-bond donors (Lipinski definition) is 1. The van der Waals surface area contributed by atoms with E-state index in [2.05, 4.69) is 5.32 Å². The Bertz CT molecular complexity index is 399. The molecule has 0 bridgehead atoms. The van der Waals surface area contributed by atoms with E-state index in [4.69, 9.17) is 14.2 Å². The van der Waals surface area contributed by atoms with Gasteiger partial charge in [0, 0.05) is 12.6 Å². The van der Waals surface area contributed by atoms with Crippen LogP contribution in [0.4, 0.5) is 5.69 Å². The summed E-state index contributed by atoms with van der Waals surface area (Å²) in [5.41, 5.74) is 0.827. The number of hydrogen-bond acceptors (Lipinski definition) is 4. The van der Waals surface area contributed by atoms with Crippen LogP contribution in [0.1, 0.15) is 34.6 Å². The van der Waals surface area contributed by atoms with Gasteiger partial charge >= 0.3 is 0 Å². The molecule has 0 aliphatic carbocycles. The summed E-state index contributed by atoms with van der Waals surface area (Å²) in [5, 5.41) is 3.34. The molecule has 0 saturated heterocycles. The van der Waals surface area contributed by atoms with E-state index in [-0.39, 0.29) is 5.60 Å². The third kappa shape index (κ3) is 6.15. The van der Waals surface area contributed by atoms with Crippen molar-refractivity contribution in [3.05, 3.63) is 18.2 Å². The molecule has 1 N–H and O–H groups in total. The van der Waals surface area contributed by atoms with E-state index in [1.165, 1.54) is 0 Å². The van der Waals surface area contributed by atoms with Crippen LogP contribution in [0.2, 0.25) is 0 Å². The lowest BCUT2D eigenvalue weighted by Gasteiger charge is -2.20. The smallest absolute Gasteiger partial charge is 0.142 e. The first-order chi connectivity index (χ1) is 9.46. The minimum absolute atomic E-state index is 0.113. The van der Waals surface area contributed by atoms with E-state index in [1.807, 2.05) is 52.8 Å². The molecule has 1 aromatic carbocycles. The van der Waals surface area contributed by atoms with E-state index in [0.717, 1.165) is 23.7 Å². The van der Waals surface area contributed by atoms with Crippen molar-refractivity contribution in [2.75, 3.05) is 31.7 Å². The van der Waals surface area contributed by atoms with Crippen molar-refractivity contribution in [1.82, 2.24) is 0 Å². The average Bonchev–Trinajstić information content (AvgIpc) is 2.37. The fourth-order valence-corrected chi connectivity index (χ4v) is 1.73. The molecule has 0 spiro atoms. The second-order valence-corrected chi connectivity index (χ2v) is 5.41. The third-order valence-corrected chi connectivity index (χ3v) is 2.51. The van der Waals surface area contributed by atoms with Crippen molar-refractivity contribution in [3.63, 3.8) is 0 Å². The predicted octanol–water partition coefficient (Wildman–Crippen LogP) is 3.71. The van der Waals surface area contributed by atoms with Gasteiger partial charge in [0.05, 0.1) is 31.1 Å². The Labute approximate surface area is 122 Å². The zero-order valence-corrected chi connectivity index (χ0v) is 13.3. The van der Waals surface area contributed by atoms with Gasteiger partial charge in [0.1, 0.15) is 11.5 Å². The van der Waals surface area contributed by atoms with Crippen molar-refractivity contribution in [3.8, 4) is 11.5 Å². The zero-order chi connectivity index (χ0) is 15.0. The molecule has 1 rings (SSSR count). The van der Waals surface area contributed by atoms with Gasteiger partial charge in [0.2, 0.25) is 0 Å². The van der Waals surface area contributed by atoms with Crippen LogP contribution in [-0.2, 0) is 4.74 Å². The molecule has 4 heteroatoms. The standard InChI is InChI=1S/C16H27NO3/c1-6-18-13-8-9-15(19-7-2)14(12-13)17-10-11-20-16(3,4)5/h8-9,12,17H,6-7,10-11H2,1-5H3. The summed E-state index contributed by atoms with van der Waals surface area (Å²) < 4.78 is 16.8. The first kappa shape index (κ1) is 16.6. The van der Waals surface area contributed by atoms with Crippen LogP contribution >= 0.6 is 0 Å². The van der Waals surface area contributed by atoms with Gasteiger partial charge in [-0.05, 0) is 46.8 Å². The zero-order valence-electron chi connectivity index (χ0n) is 13.3. The maximum atomic E-state index is 5.69. The second kappa shape index (κ2) is 8.00. The van der Waals surface area contributed by atoms with Gasteiger partial charge in [-0.2, -0.15) is 0 Å². The van der Waals surface area contributed by atoms with E-state index >= 15 is 0 Å². The maximum Gasteiger partial charge on any atom is 0.142 e. The van der Waals surface area contributed by atoms with Crippen molar-refractivity contribution in [1.29, 1.82) is 0 Å². The average molecular weight is 281 g/mol. The molecule has 0 aliphatic heterocycles. The quantitative estimate of drug-likeness (QED) is 0.737. The van der Waals surface area contributed by atoms with Gasteiger partial charge in [-0.15, -0.1) is 0 Å². The second-order valence-electron chi connectivity index (χ2n) is 5.41. The molecule has 0 aromatic heterocycles. The fraction of sp³-hybridized carbons (Fsp3) is 0.625. The summed E-state index contributed by atoms with van der Waals surface area (Å²) in [5.74, 6) is 1.68. The van der Waals surface area contributed by atoms with E-state index in [9.17, 15) is 0 Å². The molecular weight excluding hydrogens is 254 g/mol. The van der Waals surface area contributed by atoms with E-state index in [0.29, 0.717) is 19.8 Å². The summed E-state index contributed by atoms with van der Waals surface area (Å²) in [6.45, 7) is 12.8. The van der Waals surface area contributed by atoms with Gasteiger partial charge in [-0.1, -0.05) is 0 Å². The minimum Gasteiger partial charge on any atom is -0.494 e. The van der Waals surface area contributed by atoms with Crippen molar-refractivity contribution < 1.29 is 14.2 Å². The van der Waals surface area contributed by atoms with Crippen LogP contribution in [-0.4, -0.2) is 32.0 Å². The Morgan fingerprint density at radius 2 is 1.75 bits per heavy atom. The summed E-state index contributed by atoms with van der Waals surface area (Å²) in [7, 11) is 0. The van der Waals surface area contributed by atoms with Crippen LogP contribution in [0.25, 0.3) is 0 Å². The normalized spacial score (nSPS) is 11.2. The highest BCUT2D eigenvalue weighted by atomic mass is 16.5. The molecule has 20 heavy (non-hydrogen) atoms. The highest BCUT2D eigenvalue weighted by molar-refractivity contribution is 5.59. The van der Waals surface area contributed by atoms with Gasteiger partial charge < -0.3 is 19.5 Å². The highest BCUT2D eigenvalue weighted by Crippen LogP contribution is 2.29. The number of benzene rings is 1. The molecule has 4 nitrogen and oxygen atoms in total. The Balaban J connectivity index is 2.62. The van der Waals surface area contributed by atoms with Crippen LogP contribution in [0.3, 0.4) is 0 Å². The molecule has 0 radical (unpaired) electrons. The Kier molecular flexibility index (Phi) is 6.65. The lowest BCUT2D eigenvalue weighted by Crippen LogP contribution is -2.23. The molecule has 0 heterocycles. The molecule has 0 aliphatic rings. The number of rotatable bonds is 8. The first-order valence-electron chi connectivity index (χ1n) is 7.23. The number of nitrogens with one attached hydrogen (secondary N) is 1. The van der Waals surface area contributed by atoms with E-state index < -0.39 is 0 Å². The Morgan fingerprint density at radius 3 is 2.35 bits per heavy atom. The molecule has 0 amide bonds. The monoisotopic (exact) mass is 281 g/mol. The Hall–Kier alpha value is -1.42. The summed E-state index contributed by atoms with van der Waals surface area (Å²) >= 11 is 0. The van der Waals surface area contributed by atoms with Crippen molar-refractivity contribution in [2.24, 2.45) is 0 Å². The van der Waals surface area contributed by atoms with E-state index in [1.54, 1.807) is 0 Å². The fourth-order valence-electron chi connectivity index (χ4n) is 1.73. The Morgan fingerprint density at radius 1 is 1.05 bits per heavy atom. The van der Waals surface area contributed by atoms with Crippen LogP contribution < -0.4 is 14.8 Å². The predicted molar refractivity (Wildman–Crippen MR) is 83.0 cm³/mol. The highest BCUT2D eigenvalue weighted by Gasteiger charge is 2.10. The molecule has 114 valence electrons. The third-order valence-electron chi connectivity index (χ3n) is 2.51. The molecule has 0 fully saturated rings. The van der Waals surface area contributed by atoms with Gasteiger partial charge in [-0.3, -0.25) is 0 Å². The van der Waals surface area contributed by atoms with Crippen molar-refractivity contribution in [2.45, 2.75) is 40.2 Å². The maximum absolute atomic E-state index is 5.69. The summed E-state index contributed by atoms with van der Waals surface area (Å²) in [6, 6.07) is 5.82. The van der Waals surface area contributed by atoms with Gasteiger partial charge in [0.15, 0.2) is 0 Å². The SMILES string of the molecule is CCOc1ccc(OCC)c(NCCOC(C)(C)C)c1. The van der Waals surface area contributed by atoms with Gasteiger partial charge in [-0.25, -0.2) is 0 Å². The number of anilines is 1. The minimum atomic E-state index is -0.113. The summed E-state index contributed by atoms with van der Waals surface area (Å²) in [4.78, 5) is 0.